The van der Waals surface area contributed by atoms with Crippen molar-refractivity contribution in [2.75, 3.05) is 13.2 Å². The van der Waals surface area contributed by atoms with Crippen LogP contribution >= 0.6 is 0 Å². The molecule has 3 aliphatic carbocycles. The first-order valence-electron chi connectivity index (χ1n) is 16.8. The van der Waals surface area contributed by atoms with E-state index in [1.807, 2.05) is 0 Å². The molecule has 1 N–H and O–H groups in total. The Hall–Kier alpha value is -1.30. The summed E-state index contributed by atoms with van der Waals surface area (Å²) < 4.78 is 6.96. The zero-order valence-electron chi connectivity index (χ0n) is 28.1. The van der Waals surface area contributed by atoms with Gasteiger partial charge in [-0.1, -0.05) is 79.8 Å². The van der Waals surface area contributed by atoms with Gasteiger partial charge in [-0.15, -0.1) is 0 Å². The Bertz CT molecular complexity index is 1070. The van der Waals surface area contributed by atoms with Crippen LogP contribution < -0.4 is 0 Å². The maximum atomic E-state index is 9.48. The van der Waals surface area contributed by atoms with Crippen molar-refractivity contribution in [1.82, 2.24) is 10.2 Å². The van der Waals surface area contributed by atoms with E-state index in [1.54, 1.807) is 0 Å². The highest BCUT2D eigenvalue weighted by Crippen LogP contribution is 2.65. The fourth-order valence-electron chi connectivity index (χ4n) is 9.43. The average Bonchev–Trinajstić information content (AvgIpc) is 3.47. The molecule has 6 nitrogen and oxygen atoms in total. The summed E-state index contributed by atoms with van der Waals surface area (Å²) in [7, 11) is -1.88. The van der Waals surface area contributed by atoms with Gasteiger partial charge < -0.3 is 4.43 Å². The van der Waals surface area contributed by atoms with Gasteiger partial charge in [0.15, 0.2) is 8.32 Å². The first kappa shape index (κ1) is 32.6. The van der Waals surface area contributed by atoms with Crippen molar-refractivity contribution in [2.24, 2.45) is 57.4 Å². The number of rotatable bonds is 11. The molecule has 1 aromatic rings. The molecule has 0 bridgehead atoms. The number of H-pyrrole nitrogens is 1. The van der Waals surface area contributed by atoms with Crippen LogP contribution in [0.4, 0.5) is 0 Å². The molecule has 0 amide bonds. The van der Waals surface area contributed by atoms with Crippen LogP contribution in [0.3, 0.4) is 0 Å². The van der Waals surface area contributed by atoms with Gasteiger partial charge in [-0.25, -0.2) is 0 Å². The Morgan fingerprint density at radius 1 is 1.12 bits per heavy atom. The predicted molar refractivity (Wildman–Crippen MR) is 173 cm³/mol. The zero-order chi connectivity index (χ0) is 30.2. The van der Waals surface area contributed by atoms with Gasteiger partial charge in [0.25, 0.3) is 0 Å². The van der Waals surface area contributed by atoms with E-state index in [0.29, 0.717) is 35.6 Å². The molecule has 0 aromatic carbocycles. The Kier molecular flexibility index (Phi) is 9.83. The normalized spacial score (nSPS) is 34.7. The Morgan fingerprint density at radius 3 is 2.49 bits per heavy atom. The molecular weight excluding hydrogens is 522 g/mol. The molecule has 0 saturated heterocycles. The van der Waals surface area contributed by atoms with Crippen LogP contribution in [-0.2, 0) is 17.3 Å². The minimum atomic E-state index is -1.88. The number of aromatic amines is 1. The van der Waals surface area contributed by atoms with E-state index in [4.69, 9.17) is 4.43 Å². The van der Waals surface area contributed by atoms with Gasteiger partial charge in [0.2, 0.25) is 0 Å². The van der Waals surface area contributed by atoms with Gasteiger partial charge in [0, 0.05) is 23.8 Å². The Morgan fingerprint density at radius 2 is 1.83 bits per heavy atom. The highest BCUT2D eigenvalue weighted by atomic mass is 28.4. The molecule has 232 valence electrons. The van der Waals surface area contributed by atoms with Crippen molar-refractivity contribution in [3.63, 3.8) is 0 Å². The number of hydrogen-bond donors (Lipinski definition) is 1. The summed E-state index contributed by atoms with van der Waals surface area (Å²) in [5.74, 6) is 4.37. The summed E-state index contributed by atoms with van der Waals surface area (Å²) in [4.78, 5) is 3.31. The lowest BCUT2D eigenvalue weighted by atomic mass is 9.48. The molecule has 3 aliphatic rings. The molecule has 1 aromatic heterocycles. The second-order valence-corrected chi connectivity index (χ2v) is 21.7. The standard InChI is InChI=1S/C34H61N5OSi/c1-23(2)12-11-13-24(3)28-14-15-29-27(21-37-39-35)30(16-17-33(28,29)7)34(8)19-25-20-36-38-31(25)18-26(34)22-40-41(9,10)32(4,5)6/h20,23-24,26-30H,11-19,21-22H2,1-10H3,(H,36,38)/t24?,26-,27+,28-,29+,30+,33-,34+/m1/s1. The lowest BCUT2D eigenvalue weighted by Crippen LogP contribution is -2.54. The van der Waals surface area contributed by atoms with Gasteiger partial charge in [-0.3, -0.25) is 5.10 Å². The quantitative estimate of drug-likeness (QED) is 0.122. The smallest absolute Gasteiger partial charge is 0.191 e. The van der Waals surface area contributed by atoms with Gasteiger partial charge in [-0.05, 0) is 120 Å². The van der Waals surface area contributed by atoms with Gasteiger partial charge in [0.1, 0.15) is 0 Å². The summed E-state index contributed by atoms with van der Waals surface area (Å²) in [5.41, 5.74) is 12.6. The predicted octanol–water partition coefficient (Wildman–Crippen LogP) is 9.98. The second-order valence-electron chi connectivity index (χ2n) is 16.8. The van der Waals surface area contributed by atoms with Crippen LogP contribution in [0, 0.1) is 52.3 Å². The third-order valence-corrected chi connectivity index (χ3v) is 17.6. The summed E-state index contributed by atoms with van der Waals surface area (Å²) in [6.07, 6.45) is 13.3. The third-order valence-electron chi connectivity index (χ3n) is 13.1. The van der Waals surface area contributed by atoms with Gasteiger partial charge in [0.05, 0.1) is 6.20 Å². The highest BCUT2D eigenvalue weighted by Gasteiger charge is 2.59. The van der Waals surface area contributed by atoms with Crippen LogP contribution in [0.1, 0.15) is 112 Å². The van der Waals surface area contributed by atoms with Crippen LogP contribution in [0.2, 0.25) is 18.1 Å². The number of azide groups is 1. The van der Waals surface area contributed by atoms with Crippen LogP contribution in [-0.4, -0.2) is 31.7 Å². The second kappa shape index (κ2) is 12.4. The van der Waals surface area contributed by atoms with Crippen molar-refractivity contribution < 1.29 is 4.43 Å². The molecule has 0 spiro atoms. The number of hydrogen-bond acceptors (Lipinski definition) is 3. The molecule has 1 unspecified atom stereocenters. The first-order valence-corrected chi connectivity index (χ1v) is 19.7. The minimum absolute atomic E-state index is 0.0944. The first-order chi connectivity index (χ1) is 19.1. The van der Waals surface area contributed by atoms with Crippen LogP contribution in [0.25, 0.3) is 10.4 Å². The molecule has 1 heterocycles. The summed E-state index contributed by atoms with van der Waals surface area (Å²) in [5, 5.41) is 12.3. The molecule has 7 heteroatoms. The van der Waals surface area contributed by atoms with E-state index >= 15 is 0 Å². The molecule has 0 radical (unpaired) electrons. The summed E-state index contributed by atoms with van der Waals surface area (Å²) in [6, 6.07) is 0. The monoisotopic (exact) mass is 583 g/mol. The topological polar surface area (TPSA) is 86.7 Å². The van der Waals surface area contributed by atoms with E-state index in [0.717, 1.165) is 37.2 Å². The van der Waals surface area contributed by atoms with E-state index < -0.39 is 8.32 Å². The maximum absolute atomic E-state index is 9.48. The lowest BCUT2D eigenvalue weighted by molar-refractivity contribution is -0.0750. The largest absolute Gasteiger partial charge is 0.417 e. The van der Waals surface area contributed by atoms with Crippen molar-refractivity contribution in [2.45, 2.75) is 131 Å². The van der Waals surface area contributed by atoms with Crippen molar-refractivity contribution >= 4 is 8.32 Å². The highest BCUT2D eigenvalue weighted by molar-refractivity contribution is 6.74. The van der Waals surface area contributed by atoms with Crippen molar-refractivity contribution in [3.05, 3.63) is 27.9 Å². The van der Waals surface area contributed by atoms with Crippen molar-refractivity contribution in [1.29, 1.82) is 0 Å². The fourth-order valence-corrected chi connectivity index (χ4v) is 10.5. The molecule has 8 atom stereocenters. The van der Waals surface area contributed by atoms with E-state index in [-0.39, 0.29) is 10.5 Å². The molecule has 0 aliphatic heterocycles. The maximum Gasteiger partial charge on any atom is 0.191 e. The lowest BCUT2D eigenvalue weighted by Gasteiger charge is -2.57. The fraction of sp³-hybridized carbons (Fsp3) is 0.912. The third kappa shape index (κ3) is 6.48. The SMILES string of the molecule is CC(C)CCCC(C)[C@H]1CC[C@H]2[C@H](CN=[N+]=[N-])[C@@H]([C@@]3(C)Cc4cn[nH]c4C[C@@H]3CO[Si](C)(C)C(C)(C)C)CC[C@]12C. The van der Waals surface area contributed by atoms with Crippen LogP contribution in [0.5, 0.6) is 0 Å². The van der Waals surface area contributed by atoms with Crippen molar-refractivity contribution in [3.8, 4) is 0 Å². The Labute approximate surface area is 252 Å². The van der Waals surface area contributed by atoms with E-state index in [2.05, 4.69) is 94.9 Å². The molecule has 41 heavy (non-hydrogen) atoms. The number of nitrogens with one attached hydrogen (secondary N) is 1. The van der Waals surface area contributed by atoms with E-state index in [9.17, 15) is 5.53 Å². The average molecular weight is 584 g/mol. The summed E-state index contributed by atoms with van der Waals surface area (Å²) in [6.45, 7) is 25.6. The number of nitrogens with zero attached hydrogens (tertiary/aromatic N) is 4. The summed E-state index contributed by atoms with van der Waals surface area (Å²) >= 11 is 0. The Balaban J connectivity index is 1.62. The molecule has 2 fully saturated rings. The van der Waals surface area contributed by atoms with Crippen LogP contribution in [0.15, 0.2) is 11.3 Å². The molecule has 4 rings (SSSR count). The number of aromatic nitrogens is 2. The van der Waals surface area contributed by atoms with Gasteiger partial charge in [-0.2, -0.15) is 5.10 Å². The minimum Gasteiger partial charge on any atom is -0.417 e. The molecule has 2 saturated carbocycles. The zero-order valence-corrected chi connectivity index (χ0v) is 29.1. The molecular formula is C34H61N5OSi. The number of fused-ring (bicyclic) bond motifs is 2. The van der Waals surface area contributed by atoms with E-state index in [1.165, 1.54) is 56.2 Å². The van der Waals surface area contributed by atoms with Gasteiger partial charge >= 0.3 is 0 Å².